The monoisotopic (exact) mass is 222 g/mol. The van der Waals surface area contributed by atoms with Crippen LogP contribution in [0.25, 0.3) is 0 Å². The average Bonchev–Trinajstić information content (AvgIpc) is 2.55. The molecule has 0 spiro atoms. The molecule has 1 N–H and O–H groups in total. The Morgan fingerprint density at radius 1 is 1.12 bits per heavy atom. The van der Waals surface area contributed by atoms with E-state index < -0.39 is 0 Å². The van der Waals surface area contributed by atoms with Crippen LogP contribution in [0.15, 0.2) is 0 Å². The van der Waals surface area contributed by atoms with Crippen molar-refractivity contribution >= 4 is 0 Å². The van der Waals surface area contributed by atoms with Crippen LogP contribution < -0.4 is 5.32 Å². The zero-order chi connectivity index (χ0) is 11.0. The summed E-state index contributed by atoms with van der Waals surface area (Å²) in [5, 5.41) is 3.57. The summed E-state index contributed by atoms with van der Waals surface area (Å²) in [5.74, 6) is 1.98. The van der Waals surface area contributed by atoms with E-state index in [4.69, 9.17) is 0 Å². The van der Waals surface area contributed by atoms with Crippen molar-refractivity contribution in [3.8, 4) is 0 Å². The Labute approximate surface area is 99.8 Å². The maximum absolute atomic E-state index is 3.57. The van der Waals surface area contributed by atoms with Crippen LogP contribution in [0.5, 0.6) is 0 Å². The van der Waals surface area contributed by atoms with Crippen LogP contribution in [0, 0.1) is 11.8 Å². The first-order valence-electron chi connectivity index (χ1n) is 7.27. The number of rotatable bonds is 2. The van der Waals surface area contributed by atoms with Crippen LogP contribution in [0.3, 0.4) is 0 Å². The number of nitrogens with zero attached hydrogens (tertiary/aromatic N) is 1. The smallest absolute Gasteiger partial charge is 0.0124 e. The summed E-state index contributed by atoms with van der Waals surface area (Å²) >= 11 is 0. The Morgan fingerprint density at radius 2 is 2.00 bits per heavy atom. The zero-order valence-corrected chi connectivity index (χ0v) is 10.6. The first kappa shape index (κ1) is 11.0. The summed E-state index contributed by atoms with van der Waals surface area (Å²) in [6.07, 6.45) is 10.3. The van der Waals surface area contributed by atoms with Gasteiger partial charge in [-0.05, 0) is 76.9 Å². The minimum Gasteiger partial charge on any atom is -0.316 e. The largest absolute Gasteiger partial charge is 0.316 e. The Bertz CT molecular complexity index is 235. The van der Waals surface area contributed by atoms with Crippen molar-refractivity contribution in [2.24, 2.45) is 11.8 Å². The summed E-state index contributed by atoms with van der Waals surface area (Å²) in [4.78, 5) is 2.70. The van der Waals surface area contributed by atoms with Crippen molar-refractivity contribution < 1.29 is 0 Å². The van der Waals surface area contributed by atoms with E-state index in [0.717, 1.165) is 23.9 Å². The number of piperidine rings is 2. The van der Waals surface area contributed by atoms with Crippen molar-refractivity contribution in [3.63, 3.8) is 0 Å². The Kier molecular flexibility index (Phi) is 3.21. The highest BCUT2D eigenvalue weighted by Crippen LogP contribution is 2.41. The van der Waals surface area contributed by atoms with Gasteiger partial charge in [0.25, 0.3) is 0 Å². The van der Waals surface area contributed by atoms with Gasteiger partial charge in [0.05, 0.1) is 0 Å². The Balaban J connectivity index is 1.57. The molecular weight excluding hydrogens is 196 g/mol. The zero-order valence-electron chi connectivity index (χ0n) is 10.6. The van der Waals surface area contributed by atoms with E-state index >= 15 is 0 Å². The van der Waals surface area contributed by atoms with Crippen LogP contribution in [0.4, 0.5) is 0 Å². The van der Waals surface area contributed by atoms with Crippen molar-refractivity contribution in [1.29, 1.82) is 0 Å². The van der Waals surface area contributed by atoms with Crippen LogP contribution in [-0.4, -0.2) is 37.1 Å². The van der Waals surface area contributed by atoms with Gasteiger partial charge >= 0.3 is 0 Å². The fraction of sp³-hybridized carbons (Fsp3) is 1.00. The lowest BCUT2D eigenvalue weighted by atomic mass is 9.81. The molecule has 3 fully saturated rings. The molecule has 3 aliphatic rings. The molecule has 0 aromatic heterocycles. The third-order valence-electron chi connectivity index (χ3n) is 5.34. The van der Waals surface area contributed by atoms with Crippen LogP contribution >= 0.6 is 0 Å². The minimum atomic E-state index is 0.931. The Hall–Kier alpha value is -0.0800. The van der Waals surface area contributed by atoms with Gasteiger partial charge in [-0.2, -0.15) is 0 Å². The minimum absolute atomic E-state index is 0.931. The van der Waals surface area contributed by atoms with Crippen LogP contribution in [0.2, 0.25) is 0 Å². The van der Waals surface area contributed by atoms with Gasteiger partial charge in [-0.15, -0.1) is 0 Å². The number of hydrogen-bond donors (Lipinski definition) is 1. The maximum atomic E-state index is 3.57. The van der Waals surface area contributed by atoms with Gasteiger partial charge in [-0.25, -0.2) is 0 Å². The molecule has 3 saturated heterocycles. The molecular formula is C14H26N2. The van der Waals surface area contributed by atoms with Gasteiger partial charge in [0.1, 0.15) is 0 Å². The summed E-state index contributed by atoms with van der Waals surface area (Å²) < 4.78 is 0. The predicted molar refractivity (Wildman–Crippen MR) is 67.5 cm³/mol. The molecule has 3 rings (SSSR count). The molecule has 0 aromatic rings. The first-order valence-corrected chi connectivity index (χ1v) is 7.27. The molecule has 0 amide bonds. The van der Waals surface area contributed by atoms with Gasteiger partial charge < -0.3 is 10.2 Å². The molecule has 2 heteroatoms. The third-order valence-corrected chi connectivity index (χ3v) is 5.34. The molecule has 3 heterocycles. The molecule has 0 saturated carbocycles. The second-order valence-electron chi connectivity index (χ2n) is 6.25. The summed E-state index contributed by atoms with van der Waals surface area (Å²) in [7, 11) is 2.37. The van der Waals surface area contributed by atoms with Crippen LogP contribution in [-0.2, 0) is 0 Å². The summed E-state index contributed by atoms with van der Waals surface area (Å²) in [6.45, 7) is 2.54. The molecule has 3 aliphatic heterocycles. The molecule has 0 aliphatic carbocycles. The van der Waals surface area contributed by atoms with Crippen molar-refractivity contribution in [2.75, 3.05) is 20.1 Å². The summed E-state index contributed by atoms with van der Waals surface area (Å²) in [5.41, 5.74) is 0. The second-order valence-corrected chi connectivity index (χ2v) is 6.25. The third kappa shape index (κ3) is 2.02. The topological polar surface area (TPSA) is 15.3 Å². The quantitative estimate of drug-likeness (QED) is 0.771. The molecule has 92 valence electrons. The highest BCUT2D eigenvalue weighted by Gasteiger charge is 2.40. The number of hydrogen-bond acceptors (Lipinski definition) is 2. The van der Waals surface area contributed by atoms with E-state index in [-0.39, 0.29) is 0 Å². The SMILES string of the molecule is CN1[C@H]2CC[C@@H](C[C@@H]3CCCNC3)[C@H]1CC2. The lowest BCUT2D eigenvalue weighted by Crippen LogP contribution is -2.43. The van der Waals surface area contributed by atoms with E-state index in [1.807, 2.05) is 0 Å². The number of fused-ring (bicyclic) bond motifs is 2. The van der Waals surface area contributed by atoms with E-state index in [1.54, 1.807) is 0 Å². The van der Waals surface area contributed by atoms with E-state index in [9.17, 15) is 0 Å². The molecule has 0 radical (unpaired) electrons. The molecule has 2 nitrogen and oxygen atoms in total. The fourth-order valence-corrected chi connectivity index (χ4v) is 4.38. The predicted octanol–water partition coefficient (Wildman–Crippen LogP) is 2.25. The normalized spacial score (nSPS) is 44.8. The maximum Gasteiger partial charge on any atom is 0.0124 e. The Morgan fingerprint density at radius 3 is 2.81 bits per heavy atom. The number of nitrogens with one attached hydrogen (secondary N) is 1. The lowest BCUT2D eigenvalue weighted by molar-refractivity contribution is 0.100. The summed E-state index contributed by atoms with van der Waals surface area (Å²) in [6, 6.07) is 1.87. The highest BCUT2D eigenvalue weighted by atomic mass is 15.2. The van der Waals surface area contributed by atoms with Gasteiger partial charge in [0, 0.05) is 12.1 Å². The standard InChI is InChI=1S/C14H26N2/c1-16-13-5-4-12(14(16)7-6-13)9-11-3-2-8-15-10-11/h11-15H,2-10H2,1H3/t11-,12-,13-,14+/m0/s1. The van der Waals surface area contributed by atoms with E-state index in [2.05, 4.69) is 17.3 Å². The van der Waals surface area contributed by atoms with E-state index in [1.165, 1.54) is 58.0 Å². The van der Waals surface area contributed by atoms with Crippen molar-refractivity contribution in [1.82, 2.24) is 10.2 Å². The highest BCUT2D eigenvalue weighted by molar-refractivity contribution is 4.95. The average molecular weight is 222 g/mol. The van der Waals surface area contributed by atoms with Gasteiger partial charge in [-0.1, -0.05) is 0 Å². The van der Waals surface area contributed by atoms with E-state index in [0.29, 0.717) is 0 Å². The fourth-order valence-electron chi connectivity index (χ4n) is 4.38. The van der Waals surface area contributed by atoms with Crippen LogP contribution in [0.1, 0.15) is 44.9 Å². The first-order chi connectivity index (χ1) is 7.84. The molecule has 0 aromatic carbocycles. The molecule has 2 bridgehead atoms. The van der Waals surface area contributed by atoms with Gasteiger partial charge in [0.15, 0.2) is 0 Å². The molecule has 16 heavy (non-hydrogen) atoms. The van der Waals surface area contributed by atoms with Gasteiger partial charge in [0.2, 0.25) is 0 Å². The lowest BCUT2D eigenvalue weighted by Gasteiger charge is -2.39. The second kappa shape index (κ2) is 4.66. The van der Waals surface area contributed by atoms with Gasteiger partial charge in [-0.3, -0.25) is 0 Å². The molecule has 0 unspecified atom stereocenters. The van der Waals surface area contributed by atoms with Crippen molar-refractivity contribution in [3.05, 3.63) is 0 Å². The molecule has 4 atom stereocenters. The van der Waals surface area contributed by atoms with Crippen molar-refractivity contribution in [2.45, 2.75) is 57.0 Å².